The highest BCUT2D eigenvalue weighted by Gasteiger charge is 2.34. The molecule has 0 saturated carbocycles. The number of nitrogens with zero attached hydrogens (tertiary/aromatic N) is 2. The van der Waals surface area contributed by atoms with Crippen LogP contribution >= 0.6 is 0 Å². The van der Waals surface area contributed by atoms with Gasteiger partial charge in [-0.2, -0.15) is 5.26 Å². The molecule has 1 aliphatic heterocycles. The van der Waals surface area contributed by atoms with Gasteiger partial charge in [0.25, 0.3) is 5.69 Å². The average Bonchev–Trinajstić information content (AvgIpc) is 2.94. The lowest BCUT2D eigenvalue weighted by Gasteiger charge is -2.26. The molecule has 1 heterocycles. The number of nitrogens with one attached hydrogen (secondary N) is 1. The van der Waals surface area contributed by atoms with E-state index in [1.807, 2.05) is 0 Å². The third kappa shape index (κ3) is 2.87. The largest absolute Gasteiger partial charge is 0.382 e. The van der Waals surface area contributed by atoms with Gasteiger partial charge in [0, 0.05) is 38.4 Å². The molecule has 20 heavy (non-hydrogen) atoms. The van der Waals surface area contributed by atoms with Crippen LogP contribution in [-0.2, 0) is 9.47 Å². The molecule has 0 aliphatic carbocycles. The summed E-state index contributed by atoms with van der Waals surface area (Å²) < 4.78 is 10.8. The molecule has 1 aliphatic rings. The predicted octanol–water partition coefficient (Wildman–Crippen LogP) is 1.68. The Balaban J connectivity index is 2.12. The summed E-state index contributed by atoms with van der Waals surface area (Å²) in [4.78, 5) is 10.3. The van der Waals surface area contributed by atoms with Gasteiger partial charge in [0.05, 0.1) is 11.5 Å². The minimum atomic E-state index is -0.561. The van der Waals surface area contributed by atoms with E-state index in [-0.39, 0.29) is 11.3 Å². The molecule has 7 nitrogen and oxygen atoms in total. The average molecular weight is 277 g/mol. The number of anilines is 1. The van der Waals surface area contributed by atoms with Crippen molar-refractivity contribution in [3.8, 4) is 6.07 Å². The summed E-state index contributed by atoms with van der Waals surface area (Å²) in [6.45, 7) is 1.63. The second-order valence-corrected chi connectivity index (χ2v) is 4.64. The van der Waals surface area contributed by atoms with E-state index in [9.17, 15) is 10.1 Å². The van der Waals surface area contributed by atoms with Gasteiger partial charge in [-0.1, -0.05) is 0 Å². The van der Waals surface area contributed by atoms with Crippen molar-refractivity contribution >= 4 is 11.4 Å². The van der Waals surface area contributed by atoms with E-state index >= 15 is 0 Å². The number of methoxy groups -OCH3 is 1. The zero-order valence-electron chi connectivity index (χ0n) is 11.1. The van der Waals surface area contributed by atoms with Crippen molar-refractivity contribution < 1.29 is 14.4 Å². The molecular weight excluding hydrogens is 262 g/mol. The van der Waals surface area contributed by atoms with Gasteiger partial charge in [-0.15, -0.1) is 0 Å². The molecule has 1 aromatic carbocycles. The predicted molar refractivity (Wildman–Crippen MR) is 71.5 cm³/mol. The maximum Gasteiger partial charge on any atom is 0.289 e. The molecule has 7 heteroatoms. The number of nitro benzene ring substituents is 1. The lowest BCUT2D eigenvalue weighted by Crippen LogP contribution is -2.39. The molecule has 0 spiro atoms. The molecule has 1 aromatic rings. The van der Waals surface area contributed by atoms with Crippen molar-refractivity contribution in [3.63, 3.8) is 0 Å². The molecule has 106 valence electrons. The number of nitriles is 1. The zero-order valence-corrected chi connectivity index (χ0v) is 11.1. The third-order valence-corrected chi connectivity index (χ3v) is 3.43. The molecule has 2 rings (SSSR count). The molecular formula is C13H15N3O4. The van der Waals surface area contributed by atoms with Gasteiger partial charge in [0.1, 0.15) is 17.2 Å². The van der Waals surface area contributed by atoms with Crippen LogP contribution < -0.4 is 5.32 Å². The first kappa shape index (κ1) is 14.2. The highest BCUT2D eigenvalue weighted by molar-refractivity contribution is 5.59. The fourth-order valence-corrected chi connectivity index (χ4v) is 2.11. The summed E-state index contributed by atoms with van der Waals surface area (Å²) in [5, 5.41) is 22.8. The van der Waals surface area contributed by atoms with Crippen LogP contribution in [0.4, 0.5) is 11.4 Å². The van der Waals surface area contributed by atoms with Crippen LogP contribution in [0.5, 0.6) is 0 Å². The van der Waals surface area contributed by atoms with Gasteiger partial charge in [-0.25, -0.2) is 0 Å². The lowest BCUT2D eigenvalue weighted by molar-refractivity contribution is -0.385. The van der Waals surface area contributed by atoms with Crippen LogP contribution in [0.1, 0.15) is 12.0 Å². The molecule has 1 fully saturated rings. The van der Waals surface area contributed by atoms with E-state index in [2.05, 4.69) is 5.32 Å². The SMILES string of the molecule is COC1(CNc2ccc(C#N)c([N+](=O)[O-])c2)CCOC1. The summed E-state index contributed by atoms with van der Waals surface area (Å²) >= 11 is 0. The summed E-state index contributed by atoms with van der Waals surface area (Å²) in [7, 11) is 1.62. The lowest BCUT2D eigenvalue weighted by atomic mass is 10.0. The van der Waals surface area contributed by atoms with Crippen molar-refractivity contribution in [1.29, 1.82) is 5.26 Å². The summed E-state index contributed by atoms with van der Waals surface area (Å²) in [6.07, 6.45) is 0.773. The fraction of sp³-hybridized carbons (Fsp3) is 0.462. The first-order valence-electron chi connectivity index (χ1n) is 6.15. The highest BCUT2D eigenvalue weighted by atomic mass is 16.6. The Bertz CT molecular complexity index is 547. The van der Waals surface area contributed by atoms with E-state index in [0.717, 1.165) is 6.42 Å². The van der Waals surface area contributed by atoms with E-state index in [1.54, 1.807) is 19.2 Å². The normalized spacial score (nSPS) is 21.4. The first-order chi connectivity index (χ1) is 9.60. The number of rotatable bonds is 5. The van der Waals surface area contributed by atoms with Crippen molar-refractivity contribution in [3.05, 3.63) is 33.9 Å². The summed E-state index contributed by atoms with van der Waals surface area (Å²) in [5.41, 5.74) is 0.0275. The number of nitro groups is 1. The van der Waals surface area contributed by atoms with E-state index in [4.69, 9.17) is 14.7 Å². The Kier molecular flexibility index (Phi) is 4.17. The minimum Gasteiger partial charge on any atom is -0.382 e. The van der Waals surface area contributed by atoms with Gasteiger partial charge < -0.3 is 14.8 Å². The maximum absolute atomic E-state index is 10.9. The monoisotopic (exact) mass is 277 g/mol. The zero-order chi connectivity index (χ0) is 14.6. The quantitative estimate of drug-likeness (QED) is 0.649. The number of hydrogen-bond donors (Lipinski definition) is 1. The van der Waals surface area contributed by atoms with Crippen LogP contribution in [0.15, 0.2) is 18.2 Å². The van der Waals surface area contributed by atoms with Crippen LogP contribution in [0, 0.1) is 21.4 Å². The standard InChI is InChI=1S/C13H15N3O4/c1-19-13(4-5-20-9-13)8-15-11-3-2-10(7-14)12(6-11)16(17)18/h2-3,6,15H,4-5,8-9H2,1H3. The summed E-state index contributed by atoms with van der Waals surface area (Å²) in [5.74, 6) is 0. The summed E-state index contributed by atoms with van der Waals surface area (Å²) in [6, 6.07) is 6.24. The highest BCUT2D eigenvalue weighted by Crippen LogP contribution is 2.26. The topological polar surface area (TPSA) is 97.4 Å². The van der Waals surface area contributed by atoms with Crippen LogP contribution in [0.3, 0.4) is 0 Å². The van der Waals surface area contributed by atoms with Gasteiger partial charge in [0.2, 0.25) is 0 Å². The Morgan fingerprint density at radius 2 is 2.45 bits per heavy atom. The Morgan fingerprint density at radius 1 is 1.65 bits per heavy atom. The minimum absolute atomic E-state index is 0.0474. The van der Waals surface area contributed by atoms with Crippen LogP contribution in [0.2, 0.25) is 0 Å². The molecule has 1 N–H and O–H groups in total. The van der Waals surface area contributed by atoms with Gasteiger partial charge in [-0.3, -0.25) is 10.1 Å². The smallest absolute Gasteiger partial charge is 0.289 e. The Labute approximate surface area is 116 Å². The molecule has 1 saturated heterocycles. The van der Waals surface area contributed by atoms with Gasteiger partial charge >= 0.3 is 0 Å². The Morgan fingerprint density at radius 3 is 3.00 bits per heavy atom. The fourth-order valence-electron chi connectivity index (χ4n) is 2.11. The van der Waals surface area contributed by atoms with Gasteiger partial charge in [0.15, 0.2) is 0 Å². The number of hydrogen-bond acceptors (Lipinski definition) is 6. The first-order valence-corrected chi connectivity index (χ1v) is 6.15. The van der Waals surface area contributed by atoms with Crippen molar-refractivity contribution in [2.24, 2.45) is 0 Å². The van der Waals surface area contributed by atoms with E-state index in [1.165, 1.54) is 12.1 Å². The van der Waals surface area contributed by atoms with Crippen molar-refractivity contribution in [1.82, 2.24) is 0 Å². The number of benzene rings is 1. The molecule has 0 aromatic heterocycles. The second-order valence-electron chi connectivity index (χ2n) is 4.64. The molecule has 1 unspecified atom stereocenters. The third-order valence-electron chi connectivity index (χ3n) is 3.43. The molecule has 0 bridgehead atoms. The van der Waals surface area contributed by atoms with Crippen molar-refractivity contribution in [2.75, 3.05) is 32.2 Å². The van der Waals surface area contributed by atoms with Crippen LogP contribution in [0.25, 0.3) is 0 Å². The molecule has 0 amide bonds. The molecule has 0 radical (unpaired) electrons. The molecule has 1 atom stereocenters. The second kappa shape index (κ2) is 5.86. The Hall–Kier alpha value is -2.17. The van der Waals surface area contributed by atoms with Crippen molar-refractivity contribution in [2.45, 2.75) is 12.0 Å². The van der Waals surface area contributed by atoms with Crippen LogP contribution in [-0.4, -0.2) is 37.4 Å². The van der Waals surface area contributed by atoms with E-state index < -0.39 is 10.5 Å². The maximum atomic E-state index is 10.9. The van der Waals surface area contributed by atoms with Gasteiger partial charge in [-0.05, 0) is 12.1 Å². The van der Waals surface area contributed by atoms with E-state index in [0.29, 0.717) is 25.4 Å². The number of ether oxygens (including phenoxy) is 2.